The van der Waals surface area contributed by atoms with Crippen LogP contribution in [0.4, 0.5) is 21.1 Å². The van der Waals surface area contributed by atoms with Crippen molar-refractivity contribution in [3.8, 4) is 12.1 Å². The van der Waals surface area contributed by atoms with Crippen molar-refractivity contribution in [3.63, 3.8) is 0 Å². The van der Waals surface area contributed by atoms with Gasteiger partial charge in [-0.3, -0.25) is 0 Å². The van der Waals surface area contributed by atoms with Crippen LogP contribution >= 0.6 is 0 Å². The molecule has 1 unspecified atom stereocenters. The molecule has 0 bridgehead atoms. The van der Waals surface area contributed by atoms with E-state index in [9.17, 15) is 20.0 Å². The first-order chi connectivity index (χ1) is 24.9. The quantitative estimate of drug-likeness (QED) is 0.264. The molecule has 1 aromatic heterocycles. The number of nitriles is 1. The number of carboxylic acid groups (broad SMARTS) is 1. The summed E-state index contributed by atoms with van der Waals surface area (Å²) in [5.41, 5.74) is 3.86. The van der Waals surface area contributed by atoms with Crippen molar-refractivity contribution in [2.75, 3.05) is 55.7 Å². The molecule has 3 aromatic carbocycles. The van der Waals surface area contributed by atoms with Crippen LogP contribution in [-0.4, -0.2) is 101 Å². The van der Waals surface area contributed by atoms with E-state index in [1.165, 1.54) is 4.90 Å². The average Bonchev–Trinajstić information content (AvgIpc) is 3.16. The lowest BCUT2D eigenvalue weighted by Gasteiger charge is -2.42. The summed E-state index contributed by atoms with van der Waals surface area (Å²) in [6.45, 7) is 5.02. The standard InChI is InChI=1S/C38H41N7O6/c1-26-23-49-30(21-45(26)37(46)47)25-50-36-40-33-22-42(34-13-7-11-28-10-5-6-12-31(28)34)17-15-32(33)35(41-36)43-18-19-44(29(20-43)14-16-39)38(48)51-24-27-8-3-2-4-9-27/h2-13,26,29-30H,14-15,17-25H2,1H3,(H,46,47)/t26-,29?,30-/m1/s1. The molecule has 264 valence electrons. The summed E-state index contributed by atoms with van der Waals surface area (Å²) >= 11 is 0. The maximum absolute atomic E-state index is 13.2. The molecule has 13 nitrogen and oxygen atoms in total. The summed E-state index contributed by atoms with van der Waals surface area (Å²) in [5, 5.41) is 21.7. The molecular formula is C38H41N7O6. The molecule has 51 heavy (non-hydrogen) atoms. The normalized spacial score (nSPS) is 20.4. The fraction of sp³-hybridized carbons (Fsp3) is 0.395. The minimum Gasteiger partial charge on any atom is -0.465 e. The Kier molecular flexibility index (Phi) is 10.0. The van der Waals surface area contributed by atoms with Gasteiger partial charge in [0.2, 0.25) is 0 Å². The largest absolute Gasteiger partial charge is 0.465 e. The minimum atomic E-state index is -0.994. The summed E-state index contributed by atoms with van der Waals surface area (Å²) in [7, 11) is 0. The van der Waals surface area contributed by atoms with Gasteiger partial charge in [0, 0.05) is 42.8 Å². The molecule has 2 saturated heterocycles. The number of aromatic nitrogens is 2. The SMILES string of the molecule is C[C@@H]1CO[C@@H](COc2nc3c(c(N4CCN(C(=O)OCc5ccccc5)C(CC#N)C4)n2)CCN(c2cccc4ccccc24)C3)CN1C(=O)O. The third-order valence-corrected chi connectivity index (χ3v) is 9.83. The third-order valence-electron chi connectivity index (χ3n) is 9.83. The molecule has 0 saturated carbocycles. The molecule has 0 aliphatic carbocycles. The topological polar surface area (TPSA) is 145 Å². The molecule has 2 fully saturated rings. The van der Waals surface area contributed by atoms with Crippen molar-refractivity contribution in [1.29, 1.82) is 5.26 Å². The first-order valence-corrected chi connectivity index (χ1v) is 17.3. The number of nitrogens with zero attached hydrogens (tertiary/aromatic N) is 7. The highest BCUT2D eigenvalue weighted by Gasteiger charge is 2.35. The van der Waals surface area contributed by atoms with E-state index in [0.29, 0.717) is 32.6 Å². The van der Waals surface area contributed by atoms with Crippen LogP contribution in [0.3, 0.4) is 0 Å². The van der Waals surface area contributed by atoms with Gasteiger partial charge in [-0.15, -0.1) is 0 Å². The van der Waals surface area contributed by atoms with Gasteiger partial charge < -0.3 is 38.9 Å². The third kappa shape index (κ3) is 7.46. The number of benzene rings is 3. The van der Waals surface area contributed by atoms with Crippen molar-refractivity contribution < 1.29 is 28.9 Å². The van der Waals surface area contributed by atoms with Gasteiger partial charge in [-0.25, -0.2) is 9.59 Å². The van der Waals surface area contributed by atoms with E-state index in [1.54, 1.807) is 4.90 Å². The van der Waals surface area contributed by atoms with E-state index >= 15 is 0 Å². The smallest absolute Gasteiger partial charge is 0.410 e. The lowest BCUT2D eigenvalue weighted by Crippen LogP contribution is -2.55. The van der Waals surface area contributed by atoms with Crippen molar-refractivity contribution in [2.24, 2.45) is 0 Å². The number of hydrogen-bond donors (Lipinski definition) is 1. The summed E-state index contributed by atoms with van der Waals surface area (Å²) in [5.74, 6) is 0.721. The molecule has 0 spiro atoms. The monoisotopic (exact) mass is 691 g/mol. The molecule has 2 amide bonds. The van der Waals surface area contributed by atoms with Crippen LogP contribution in [0, 0.1) is 11.3 Å². The van der Waals surface area contributed by atoms with Gasteiger partial charge in [0.1, 0.15) is 25.1 Å². The number of hydrogen-bond acceptors (Lipinski definition) is 10. The average molecular weight is 692 g/mol. The number of rotatable bonds is 8. The van der Waals surface area contributed by atoms with Crippen LogP contribution in [-0.2, 0) is 29.0 Å². The highest BCUT2D eigenvalue weighted by atomic mass is 16.6. The number of amides is 2. The lowest BCUT2D eigenvalue weighted by atomic mass is 10.0. The number of ether oxygens (including phenoxy) is 3. The first kappa shape index (κ1) is 33.9. The molecule has 0 radical (unpaired) electrons. The molecule has 3 aliphatic heterocycles. The van der Waals surface area contributed by atoms with Gasteiger partial charge in [-0.05, 0) is 30.4 Å². The second-order valence-electron chi connectivity index (χ2n) is 13.2. The van der Waals surface area contributed by atoms with E-state index in [4.69, 9.17) is 24.2 Å². The zero-order valence-corrected chi connectivity index (χ0v) is 28.6. The first-order valence-electron chi connectivity index (χ1n) is 17.3. The molecule has 4 heterocycles. The van der Waals surface area contributed by atoms with Crippen LogP contribution in [0.15, 0.2) is 72.8 Å². The molecule has 4 aromatic rings. The fourth-order valence-corrected chi connectivity index (χ4v) is 7.13. The molecular weight excluding hydrogens is 650 g/mol. The van der Waals surface area contributed by atoms with E-state index in [0.717, 1.165) is 45.6 Å². The zero-order chi connectivity index (χ0) is 35.3. The summed E-state index contributed by atoms with van der Waals surface area (Å²) in [4.78, 5) is 42.3. The minimum absolute atomic E-state index is 0.0832. The summed E-state index contributed by atoms with van der Waals surface area (Å²) in [6, 6.07) is 25.9. The predicted molar refractivity (Wildman–Crippen MR) is 190 cm³/mol. The summed E-state index contributed by atoms with van der Waals surface area (Å²) < 4.78 is 17.7. The Labute approximate surface area is 296 Å². The highest BCUT2D eigenvalue weighted by molar-refractivity contribution is 5.94. The van der Waals surface area contributed by atoms with E-state index in [-0.39, 0.29) is 44.8 Å². The lowest BCUT2D eigenvalue weighted by molar-refractivity contribution is -0.0657. The van der Waals surface area contributed by atoms with Gasteiger partial charge in [-0.1, -0.05) is 66.7 Å². The zero-order valence-electron chi connectivity index (χ0n) is 28.6. The second-order valence-corrected chi connectivity index (χ2v) is 13.2. The number of anilines is 2. The second kappa shape index (κ2) is 15.1. The van der Waals surface area contributed by atoms with Crippen molar-refractivity contribution in [3.05, 3.63) is 89.6 Å². The van der Waals surface area contributed by atoms with Crippen LogP contribution in [0.5, 0.6) is 6.01 Å². The molecule has 7 rings (SSSR count). The Morgan fingerprint density at radius 2 is 1.76 bits per heavy atom. The van der Waals surface area contributed by atoms with Gasteiger partial charge in [-0.2, -0.15) is 15.2 Å². The van der Waals surface area contributed by atoms with Gasteiger partial charge in [0.05, 0.1) is 50.0 Å². The maximum atomic E-state index is 13.2. The van der Waals surface area contributed by atoms with Crippen molar-refractivity contribution in [2.45, 2.75) is 51.1 Å². The van der Waals surface area contributed by atoms with E-state index < -0.39 is 24.3 Å². The molecule has 13 heteroatoms. The van der Waals surface area contributed by atoms with Crippen molar-refractivity contribution in [1.82, 2.24) is 19.8 Å². The summed E-state index contributed by atoms with van der Waals surface area (Å²) in [6.07, 6.45) is -1.09. The molecule has 3 aliphatic rings. The number of fused-ring (bicyclic) bond motifs is 2. The number of piperazine rings is 1. The Hall–Kier alpha value is -5.61. The van der Waals surface area contributed by atoms with Crippen LogP contribution < -0.4 is 14.5 Å². The van der Waals surface area contributed by atoms with Crippen LogP contribution in [0.25, 0.3) is 10.8 Å². The van der Waals surface area contributed by atoms with Gasteiger partial charge in [0.25, 0.3) is 0 Å². The Bertz CT molecular complexity index is 1920. The van der Waals surface area contributed by atoms with E-state index in [1.807, 2.05) is 49.4 Å². The van der Waals surface area contributed by atoms with Gasteiger partial charge in [0.15, 0.2) is 0 Å². The van der Waals surface area contributed by atoms with Crippen molar-refractivity contribution >= 4 is 34.5 Å². The highest BCUT2D eigenvalue weighted by Crippen LogP contribution is 2.35. The number of morpholine rings is 1. The Balaban J connectivity index is 1.14. The van der Waals surface area contributed by atoms with Crippen LogP contribution in [0.2, 0.25) is 0 Å². The van der Waals surface area contributed by atoms with Gasteiger partial charge >= 0.3 is 18.2 Å². The molecule has 3 atom stereocenters. The van der Waals surface area contributed by atoms with E-state index in [2.05, 4.69) is 46.2 Å². The fourth-order valence-electron chi connectivity index (χ4n) is 7.13. The van der Waals surface area contributed by atoms with Crippen LogP contribution in [0.1, 0.15) is 30.2 Å². The number of carbonyl (C=O) groups is 2. The maximum Gasteiger partial charge on any atom is 0.410 e. The molecule has 1 N–H and O–H groups in total. The number of carbonyl (C=O) groups excluding carboxylic acids is 1. The Morgan fingerprint density at radius 3 is 2.59 bits per heavy atom. The Morgan fingerprint density at radius 1 is 0.961 bits per heavy atom. The predicted octanol–water partition coefficient (Wildman–Crippen LogP) is 5.08.